The van der Waals surface area contributed by atoms with E-state index in [4.69, 9.17) is 11.6 Å². The van der Waals surface area contributed by atoms with Gasteiger partial charge in [0.05, 0.1) is 6.54 Å². The van der Waals surface area contributed by atoms with Gasteiger partial charge in [0, 0.05) is 35.9 Å². The maximum Gasteiger partial charge on any atom is 0.239 e. The summed E-state index contributed by atoms with van der Waals surface area (Å²) in [5.41, 5.74) is 2.06. The minimum absolute atomic E-state index is 0.0763. The third kappa shape index (κ3) is 4.90. The lowest BCUT2D eigenvalue weighted by Crippen LogP contribution is -2.36. The molecule has 1 amide bonds. The molecule has 4 nitrogen and oxygen atoms in total. The molecule has 1 aliphatic rings. The van der Waals surface area contributed by atoms with Crippen LogP contribution in [0.15, 0.2) is 18.2 Å². The predicted molar refractivity (Wildman–Crippen MR) is 87.9 cm³/mol. The second-order valence-corrected chi connectivity index (χ2v) is 6.02. The van der Waals surface area contributed by atoms with Crippen LogP contribution in [0.2, 0.25) is 5.02 Å². The van der Waals surface area contributed by atoms with E-state index in [0.29, 0.717) is 12.6 Å². The largest absolute Gasteiger partial charge is 0.365 e. The van der Waals surface area contributed by atoms with Gasteiger partial charge in [-0.25, -0.2) is 0 Å². The summed E-state index contributed by atoms with van der Waals surface area (Å²) >= 11 is 6.32. The van der Waals surface area contributed by atoms with Crippen LogP contribution in [0, 0.1) is 0 Å². The Kier molecular flexibility index (Phi) is 5.88. The molecule has 2 N–H and O–H groups in total. The van der Waals surface area contributed by atoms with Crippen molar-refractivity contribution in [1.82, 2.24) is 10.6 Å². The molecule has 0 heterocycles. The highest BCUT2D eigenvalue weighted by Crippen LogP contribution is 2.27. The van der Waals surface area contributed by atoms with Crippen molar-refractivity contribution >= 4 is 23.2 Å². The molecule has 116 valence electrons. The number of nitrogens with one attached hydrogen (secondary N) is 2. The van der Waals surface area contributed by atoms with Gasteiger partial charge in [0.15, 0.2) is 0 Å². The second kappa shape index (κ2) is 7.66. The van der Waals surface area contributed by atoms with Gasteiger partial charge in [-0.3, -0.25) is 4.79 Å². The van der Waals surface area contributed by atoms with Crippen molar-refractivity contribution in [2.24, 2.45) is 0 Å². The molecule has 5 heteroatoms. The maximum absolute atomic E-state index is 11.9. The number of hydrogen-bond donors (Lipinski definition) is 2. The smallest absolute Gasteiger partial charge is 0.239 e. The number of carbonyl (C=O) groups excluding carboxylic acids is 1. The number of benzene rings is 1. The van der Waals surface area contributed by atoms with Crippen molar-refractivity contribution in [1.29, 1.82) is 0 Å². The molecular weight excluding hydrogens is 286 g/mol. The number of likely N-dealkylation sites (N-methyl/N-ethyl adjacent to an activating group) is 1. The van der Waals surface area contributed by atoms with E-state index in [1.54, 1.807) is 0 Å². The predicted octanol–water partition coefficient (Wildman–Crippen LogP) is 2.55. The molecule has 1 saturated carbocycles. The van der Waals surface area contributed by atoms with E-state index in [1.165, 1.54) is 0 Å². The summed E-state index contributed by atoms with van der Waals surface area (Å²) in [4.78, 5) is 13.9. The van der Waals surface area contributed by atoms with Crippen molar-refractivity contribution in [3.05, 3.63) is 28.8 Å². The zero-order valence-corrected chi connectivity index (χ0v) is 13.5. The monoisotopic (exact) mass is 309 g/mol. The molecule has 0 saturated heterocycles. The second-order valence-electron chi connectivity index (χ2n) is 5.61. The Morgan fingerprint density at radius 1 is 1.43 bits per heavy atom. The highest BCUT2D eigenvalue weighted by molar-refractivity contribution is 6.31. The van der Waals surface area contributed by atoms with Gasteiger partial charge >= 0.3 is 0 Å². The molecule has 2 rings (SSSR count). The normalized spacial score (nSPS) is 14.0. The van der Waals surface area contributed by atoms with E-state index < -0.39 is 0 Å². The van der Waals surface area contributed by atoms with E-state index in [1.807, 2.05) is 30.1 Å². The van der Waals surface area contributed by atoms with Gasteiger partial charge in [-0.05, 0) is 37.9 Å². The van der Waals surface area contributed by atoms with Gasteiger partial charge in [0.25, 0.3) is 0 Å². The molecule has 0 unspecified atom stereocenters. The highest BCUT2D eigenvalue weighted by atomic mass is 35.5. The summed E-state index contributed by atoms with van der Waals surface area (Å²) in [6, 6.07) is 6.23. The third-order valence-corrected chi connectivity index (χ3v) is 3.91. The molecular formula is C16H24ClN3O. The Morgan fingerprint density at radius 3 is 2.86 bits per heavy atom. The lowest BCUT2D eigenvalue weighted by Gasteiger charge is -2.23. The number of amides is 1. The van der Waals surface area contributed by atoms with E-state index in [9.17, 15) is 4.79 Å². The van der Waals surface area contributed by atoms with Crippen LogP contribution in [0.1, 0.15) is 31.7 Å². The Hall–Kier alpha value is -1.26. The Bertz CT molecular complexity index is 488. The van der Waals surface area contributed by atoms with Crippen molar-refractivity contribution < 1.29 is 4.79 Å². The van der Waals surface area contributed by atoms with Crippen LogP contribution in [0.4, 0.5) is 5.69 Å². The summed E-state index contributed by atoms with van der Waals surface area (Å²) in [7, 11) is 1.93. The minimum Gasteiger partial charge on any atom is -0.365 e. The summed E-state index contributed by atoms with van der Waals surface area (Å²) in [5, 5.41) is 7.12. The fourth-order valence-corrected chi connectivity index (χ4v) is 2.51. The van der Waals surface area contributed by atoms with Crippen molar-refractivity contribution in [3.63, 3.8) is 0 Å². The molecule has 0 spiro atoms. The van der Waals surface area contributed by atoms with E-state index in [2.05, 4.69) is 17.6 Å². The zero-order chi connectivity index (χ0) is 15.2. The molecule has 21 heavy (non-hydrogen) atoms. The molecule has 1 fully saturated rings. The van der Waals surface area contributed by atoms with Crippen LogP contribution in [-0.4, -0.2) is 32.1 Å². The lowest BCUT2D eigenvalue weighted by molar-refractivity contribution is -0.119. The molecule has 0 aromatic heterocycles. The van der Waals surface area contributed by atoms with Crippen LogP contribution in [0.25, 0.3) is 0 Å². The van der Waals surface area contributed by atoms with E-state index >= 15 is 0 Å². The zero-order valence-electron chi connectivity index (χ0n) is 12.8. The quantitative estimate of drug-likeness (QED) is 0.725. The first-order chi connectivity index (χ1) is 10.1. The lowest BCUT2D eigenvalue weighted by atomic mass is 10.1. The number of halogens is 1. The van der Waals surface area contributed by atoms with Gasteiger partial charge in [0.2, 0.25) is 5.91 Å². The number of hydrogen-bond acceptors (Lipinski definition) is 3. The summed E-state index contributed by atoms with van der Waals surface area (Å²) in [5.74, 6) is 0.0763. The number of carbonyl (C=O) groups is 1. The average molecular weight is 310 g/mol. The molecule has 0 aliphatic heterocycles. The Balaban J connectivity index is 2.01. The van der Waals surface area contributed by atoms with Crippen LogP contribution >= 0.6 is 11.6 Å². The fourth-order valence-electron chi connectivity index (χ4n) is 2.27. The first kappa shape index (κ1) is 16.1. The average Bonchev–Trinajstić information content (AvgIpc) is 3.24. The third-order valence-electron chi connectivity index (χ3n) is 3.56. The van der Waals surface area contributed by atoms with E-state index in [0.717, 1.165) is 48.6 Å². The number of anilines is 1. The van der Waals surface area contributed by atoms with Gasteiger partial charge in [0.1, 0.15) is 0 Å². The highest BCUT2D eigenvalue weighted by Gasteiger charge is 2.24. The fraction of sp³-hybridized carbons (Fsp3) is 0.562. The molecule has 0 radical (unpaired) electrons. The molecule has 1 aromatic carbocycles. The van der Waals surface area contributed by atoms with Crippen molar-refractivity contribution in [2.75, 3.05) is 25.0 Å². The first-order valence-electron chi connectivity index (χ1n) is 7.60. The van der Waals surface area contributed by atoms with Gasteiger partial charge in [-0.15, -0.1) is 0 Å². The molecule has 0 bridgehead atoms. The van der Waals surface area contributed by atoms with Gasteiger partial charge in [-0.1, -0.05) is 24.6 Å². The Labute approximate surface area is 131 Å². The van der Waals surface area contributed by atoms with Gasteiger partial charge in [-0.2, -0.15) is 0 Å². The standard InChI is InChI=1S/C16H24ClN3O/c1-3-9-18-10-13-14(17)5-4-6-15(13)20(2)11-16(21)19-12-7-8-12/h4-6,12,18H,3,7-11H2,1-2H3,(H,19,21). The number of rotatable bonds is 8. The molecule has 1 aromatic rings. The minimum atomic E-state index is 0.0763. The molecule has 0 atom stereocenters. The topological polar surface area (TPSA) is 44.4 Å². The summed E-state index contributed by atoms with van der Waals surface area (Å²) in [6.07, 6.45) is 3.30. The first-order valence-corrected chi connectivity index (χ1v) is 7.98. The summed E-state index contributed by atoms with van der Waals surface area (Å²) in [6.45, 7) is 4.17. The van der Waals surface area contributed by atoms with Gasteiger partial charge < -0.3 is 15.5 Å². The van der Waals surface area contributed by atoms with Crippen LogP contribution in [0.3, 0.4) is 0 Å². The Morgan fingerprint density at radius 2 is 2.19 bits per heavy atom. The van der Waals surface area contributed by atoms with Crippen molar-refractivity contribution in [3.8, 4) is 0 Å². The molecule has 1 aliphatic carbocycles. The maximum atomic E-state index is 11.9. The van der Waals surface area contributed by atoms with Crippen LogP contribution in [-0.2, 0) is 11.3 Å². The van der Waals surface area contributed by atoms with Crippen molar-refractivity contribution in [2.45, 2.75) is 38.8 Å². The number of nitrogens with zero attached hydrogens (tertiary/aromatic N) is 1. The van der Waals surface area contributed by atoms with E-state index in [-0.39, 0.29) is 5.91 Å². The van der Waals surface area contributed by atoms with Crippen LogP contribution in [0.5, 0.6) is 0 Å². The van der Waals surface area contributed by atoms with Crippen LogP contribution < -0.4 is 15.5 Å². The SMILES string of the molecule is CCCNCc1c(Cl)cccc1N(C)CC(=O)NC1CC1. The summed E-state index contributed by atoms with van der Waals surface area (Å²) < 4.78 is 0.